The van der Waals surface area contributed by atoms with Crippen molar-refractivity contribution in [1.29, 1.82) is 0 Å². The summed E-state index contributed by atoms with van der Waals surface area (Å²) in [6, 6.07) is 11.3. The monoisotopic (exact) mass is 944 g/mol. The van der Waals surface area contributed by atoms with E-state index in [0.29, 0.717) is 28.5 Å². The van der Waals surface area contributed by atoms with E-state index in [1.54, 1.807) is 18.2 Å². The summed E-state index contributed by atoms with van der Waals surface area (Å²) < 4.78 is 32.7. The third kappa shape index (κ3) is 8.81. The van der Waals surface area contributed by atoms with Crippen LogP contribution >= 0.6 is 11.8 Å². The van der Waals surface area contributed by atoms with Crippen molar-refractivity contribution in [3.63, 3.8) is 0 Å². The maximum absolute atomic E-state index is 13.9. The third-order valence-corrected chi connectivity index (χ3v) is 13.2. The number of carbonyl (C=O) groups is 3. The summed E-state index contributed by atoms with van der Waals surface area (Å²) in [7, 11) is 0. The quantitative estimate of drug-likeness (QED) is 0.0792. The summed E-state index contributed by atoms with van der Waals surface area (Å²) in [5.74, 6) is -3.85. The lowest BCUT2D eigenvalue weighted by molar-refractivity contribution is -0.190. The van der Waals surface area contributed by atoms with Crippen molar-refractivity contribution in [2.24, 2.45) is 5.92 Å². The molecule has 0 bridgehead atoms. The lowest BCUT2D eigenvalue weighted by Crippen LogP contribution is -2.58. The molecule has 2 aromatic heterocycles. The number of aliphatic hydroxyl groups excluding tert-OH is 6. The van der Waals surface area contributed by atoms with Gasteiger partial charge in [0.25, 0.3) is 5.91 Å². The highest BCUT2D eigenvalue weighted by Gasteiger charge is 2.52. The summed E-state index contributed by atoms with van der Waals surface area (Å²) in [6.45, 7) is -1.80. The van der Waals surface area contributed by atoms with Crippen LogP contribution in [0.15, 0.2) is 90.8 Å². The molecule has 9 N–H and O–H groups in total. The number of nitrogens with zero attached hydrogens (tertiary/aromatic N) is 7. The van der Waals surface area contributed by atoms with E-state index in [4.69, 9.17) is 14.2 Å². The number of nitrogens with one attached hydrogen (secondary N) is 1. The molecule has 2 saturated heterocycles. The van der Waals surface area contributed by atoms with Crippen LogP contribution in [-0.2, 0) is 20.8 Å². The fraction of sp³-hybridized carbons (Fsp3) is 0.349. The lowest BCUT2D eigenvalue weighted by atomic mass is 9.74. The van der Waals surface area contributed by atoms with Crippen molar-refractivity contribution in [2.45, 2.75) is 72.0 Å². The average molecular weight is 945 g/mol. The van der Waals surface area contributed by atoms with Crippen LogP contribution in [0.4, 0.5) is 4.39 Å². The van der Waals surface area contributed by atoms with Gasteiger partial charge in [-0.2, -0.15) is 4.80 Å². The molecule has 350 valence electrons. The minimum Gasteiger partial charge on any atom is -0.508 e. The highest BCUT2D eigenvalue weighted by Crippen LogP contribution is 2.49. The number of carboxylic acids is 1. The SMILES string of the molecule is O=C1C=CC2C(=C1)Oc1cc(O)ccc1C2c1ccc(C(=O)NCc2nnn(C3C(O)[C@@H](CO)O[C@@H](S[C@@H]4OC(CO)[C@H](O)C(n5cc(-c6cccc(F)c6)nn5)[C@@H]4O)[C@@H]3O)n2)cc1C(=O)O. The number of benzene rings is 3. The number of carboxylic acid groups (broad SMARTS) is 1. The molecule has 3 aliphatic heterocycles. The first-order valence-electron chi connectivity index (χ1n) is 20.7. The number of amides is 1. The highest BCUT2D eigenvalue weighted by atomic mass is 32.2. The molecule has 0 spiro atoms. The number of ether oxygens (including phenoxy) is 3. The zero-order chi connectivity index (χ0) is 47.3. The number of carbonyl (C=O) groups excluding carboxylic acids is 2. The Kier molecular flexibility index (Phi) is 12.7. The molecule has 12 atom stereocenters. The molecule has 3 aromatic carbocycles. The Morgan fingerprint density at radius 3 is 2.28 bits per heavy atom. The molecule has 9 rings (SSSR count). The molecule has 2 fully saturated rings. The number of halogens is 1. The van der Waals surface area contributed by atoms with Crippen LogP contribution in [0.2, 0.25) is 0 Å². The maximum atomic E-state index is 13.9. The second-order valence-electron chi connectivity index (χ2n) is 16.1. The van der Waals surface area contributed by atoms with E-state index < -0.39 is 102 Å². The number of fused-ring (bicyclic) bond motifs is 2. The van der Waals surface area contributed by atoms with Crippen LogP contribution in [0.1, 0.15) is 55.7 Å². The van der Waals surface area contributed by atoms with Gasteiger partial charge in [-0.3, -0.25) is 9.59 Å². The standard InChI is InChI=1S/C43H41FN8O14S/c44-20-3-1-2-18(10-20)27-15-51(49-46-27)34-36(57)30(16-53)65-42(38(34)59)67-43-39(60)35(37(58)31(17-54)66-43)52-48-32(47-50-52)14-45-40(61)19-4-7-23(26(11-19)41(62)63)33-24-8-5-21(55)12-28(24)64-29-13-22(56)6-9-25(29)33/h1-13,15,24,30-31,33-39,42-43,53-54,56-60H,14,16-17H2,(H,45,61)(H,62,63)/t24?,30?,31-,33?,34?,35?,36+,37?,38+,39-,42+,43+/m1/s1. The number of allylic oxidation sites excluding steroid dienone is 3. The number of phenolic OH excluding ortho intramolecular Hbond substituents is 1. The Morgan fingerprint density at radius 2 is 1.57 bits per heavy atom. The van der Waals surface area contributed by atoms with Gasteiger partial charge in [0.15, 0.2) is 11.6 Å². The first-order chi connectivity index (χ1) is 32.2. The number of rotatable bonds is 12. The number of hydrogen-bond donors (Lipinski definition) is 9. The van der Waals surface area contributed by atoms with Crippen LogP contribution in [-0.4, -0.2) is 154 Å². The topological polar surface area (TPSA) is 327 Å². The second kappa shape index (κ2) is 18.7. The van der Waals surface area contributed by atoms with Gasteiger partial charge in [-0.15, -0.1) is 15.3 Å². The van der Waals surface area contributed by atoms with Gasteiger partial charge in [0.05, 0.1) is 31.5 Å². The van der Waals surface area contributed by atoms with Gasteiger partial charge in [0, 0.05) is 40.7 Å². The highest BCUT2D eigenvalue weighted by molar-refractivity contribution is 8.00. The predicted molar refractivity (Wildman–Crippen MR) is 225 cm³/mol. The molecule has 67 heavy (non-hydrogen) atoms. The van der Waals surface area contributed by atoms with Crippen molar-refractivity contribution in [3.05, 3.63) is 125 Å². The van der Waals surface area contributed by atoms with Gasteiger partial charge in [0.1, 0.15) is 88.3 Å². The van der Waals surface area contributed by atoms with Crippen molar-refractivity contribution >= 4 is 29.4 Å². The minimum absolute atomic E-state index is 0.0428. The number of aliphatic hydroxyl groups is 6. The Balaban J connectivity index is 0.901. The fourth-order valence-electron chi connectivity index (χ4n) is 8.65. The van der Waals surface area contributed by atoms with Gasteiger partial charge in [0.2, 0.25) is 0 Å². The third-order valence-electron chi connectivity index (χ3n) is 11.9. The summed E-state index contributed by atoms with van der Waals surface area (Å²) in [5, 5.41) is 109. The van der Waals surface area contributed by atoms with Crippen molar-refractivity contribution in [1.82, 2.24) is 40.5 Å². The van der Waals surface area contributed by atoms with E-state index >= 15 is 0 Å². The van der Waals surface area contributed by atoms with E-state index in [1.807, 2.05) is 0 Å². The normalized spacial score (nSPS) is 29.1. The van der Waals surface area contributed by atoms with E-state index in [2.05, 4.69) is 31.0 Å². The number of aromatic carboxylic acids is 1. The number of hydrogen-bond acceptors (Lipinski definition) is 19. The maximum Gasteiger partial charge on any atom is 0.336 e. The molecular weight excluding hydrogens is 904 g/mol. The number of phenols is 1. The van der Waals surface area contributed by atoms with E-state index in [0.717, 1.165) is 9.48 Å². The van der Waals surface area contributed by atoms with Gasteiger partial charge >= 0.3 is 5.97 Å². The second-order valence-corrected chi connectivity index (χ2v) is 17.3. The van der Waals surface area contributed by atoms with E-state index in [9.17, 15) is 59.6 Å². The fourth-order valence-corrected chi connectivity index (χ4v) is 9.97. The number of ketones is 1. The van der Waals surface area contributed by atoms with Crippen LogP contribution in [0.25, 0.3) is 11.3 Å². The van der Waals surface area contributed by atoms with E-state index in [1.165, 1.54) is 66.9 Å². The molecular formula is C43H41FN8O14S. The number of thioether (sulfide) groups is 1. The first-order valence-corrected chi connectivity index (χ1v) is 21.6. The molecule has 0 radical (unpaired) electrons. The largest absolute Gasteiger partial charge is 0.508 e. The van der Waals surface area contributed by atoms with E-state index in [-0.39, 0.29) is 52.2 Å². The Bertz CT molecular complexity index is 2770. The Labute approximate surface area is 381 Å². The molecule has 5 heterocycles. The van der Waals surface area contributed by atoms with Gasteiger partial charge < -0.3 is 60.4 Å². The van der Waals surface area contributed by atoms with Crippen molar-refractivity contribution in [3.8, 4) is 22.8 Å². The molecule has 5 aromatic rings. The van der Waals surface area contributed by atoms with Crippen LogP contribution in [0.5, 0.6) is 11.5 Å². The van der Waals surface area contributed by atoms with Crippen molar-refractivity contribution in [2.75, 3.05) is 13.2 Å². The minimum atomic E-state index is -1.68. The van der Waals surface area contributed by atoms with Gasteiger partial charge in [-0.1, -0.05) is 47.3 Å². The molecule has 0 saturated carbocycles. The molecule has 22 nitrogen and oxygen atoms in total. The van der Waals surface area contributed by atoms with Crippen LogP contribution < -0.4 is 10.1 Å². The molecule has 24 heteroatoms. The summed E-state index contributed by atoms with van der Waals surface area (Å²) in [6.07, 6.45) is -3.40. The van der Waals surface area contributed by atoms with Crippen LogP contribution in [0, 0.1) is 11.7 Å². The summed E-state index contributed by atoms with van der Waals surface area (Å²) in [5.41, 5.74) is -1.51. The molecule has 1 amide bonds. The number of aromatic nitrogens is 7. The zero-order valence-corrected chi connectivity index (χ0v) is 35.4. The lowest BCUT2D eigenvalue weighted by Gasteiger charge is -2.45. The van der Waals surface area contributed by atoms with Crippen LogP contribution in [0.3, 0.4) is 0 Å². The number of aromatic hydroxyl groups is 1. The number of tetrazole rings is 1. The Morgan fingerprint density at radius 1 is 0.851 bits per heavy atom. The average Bonchev–Trinajstić information content (AvgIpc) is 4.00. The van der Waals surface area contributed by atoms with Gasteiger partial charge in [-0.05, 0) is 47.2 Å². The first kappa shape index (κ1) is 45.7. The molecule has 4 aliphatic rings. The predicted octanol–water partition coefficient (Wildman–Crippen LogP) is -0.0386. The molecule has 1 aliphatic carbocycles. The summed E-state index contributed by atoms with van der Waals surface area (Å²) in [4.78, 5) is 39.3. The smallest absolute Gasteiger partial charge is 0.336 e. The molecule has 6 unspecified atom stereocenters. The Hall–Kier alpha value is -6.48. The van der Waals surface area contributed by atoms with Gasteiger partial charge in [-0.25, -0.2) is 13.9 Å². The van der Waals surface area contributed by atoms with Crippen molar-refractivity contribution < 1.29 is 73.8 Å². The zero-order valence-electron chi connectivity index (χ0n) is 34.6. The summed E-state index contributed by atoms with van der Waals surface area (Å²) >= 11 is 0.713.